The van der Waals surface area contributed by atoms with Gasteiger partial charge in [0.05, 0.1) is 16.5 Å². The van der Waals surface area contributed by atoms with Crippen molar-refractivity contribution in [3.05, 3.63) is 41.6 Å². The summed E-state index contributed by atoms with van der Waals surface area (Å²) in [6, 6.07) is 9.92. The molecule has 2 N–H and O–H groups in total. The number of halogens is 1. The molecule has 0 amide bonds. The summed E-state index contributed by atoms with van der Waals surface area (Å²) in [6.45, 7) is 2.20. The number of hydrogen-bond donors (Lipinski definition) is 2. The molecular weight excluding hydrogens is 372 g/mol. The van der Waals surface area contributed by atoms with E-state index in [0.29, 0.717) is 23.5 Å². The molecule has 26 heavy (non-hydrogen) atoms. The number of hydrogen-bond acceptors (Lipinski definition) is 4. The Labute approximate surface area is 160 Å². The normalized spacial score (nSPS) is 20.8. The highest BCUT2D eigenvalue weighted by atomic mass is 35.5. The molecule has 8 heteroatoms. The highest BCUT2D eigenvalue weighted by Gasteiger charge is 2.22. The van der Waals surface area contributed by atoms with Crippen LogP contribution >= 0.6 is 11.6 Å². The zero-order valence-corrected chi connectivity index (χ0v) is 16.4. The van der Waals surface area contributed by atoms with E-state index >= 15 is 0 Å². The fraction of sp³-hybridized carbons (Fsp3) is 0.500. The van der Waals surface area contributed by atoms with Crippen LogP contribution in [0, 0.1) is 5.92 Å². The SMILES string of the molecule is CCS(=O)(=O)NC[C@H]1CC[C@H](Nc2ccn(-c3ccccc3Cl)n2)CC1. The summed E-state index contributed by atoms with van der Waals surface area (Å²) in [7, 11) is -3.10. The zero-order chi connectivity index (χ0) is 18.6. The molecule has 0 spiro atoms. The maximum Gasteiger partial charge on any atom is 0.211 e. The Kier molecular flexibility index (Phi) is 6.21. The topological polar surface area (TPSA) is 76.0 Å². The molecule has 0 bridgehead atoms. The Morgan fingerprint density at radius 3 is 2.62 bits per heavy atom. The lowest BCUT2D eigenvalue weighted by atomic mass is 9.86. The first kappa shape index (κ1) is 19.2. The Balaban J connectivity index is 1.50. The quantitative estimate of drug-likeness (QED) is 0.751. The van der Waals surface area contributed by atoms with Crippen LogP contribution in [0.2, 0.25) is 5.02 Å². The van der Waals surface area contributed by atoms with Crippen LogP contribution < -0.4 is 10.0 Å². The summed E-state index contributed by atoms with van der Waals surface area (Å²) < 4.78 is 27.6. The molecule has 0 unspecified atom stereocenters. The van der Waals surface area contributed by atoms with Gasteiger partial charge in [0.25, 0.3) is 0 Å². The van der Waals surface area contributed by atoms with Gasteiger partial charge in [0.15, 0.2) is 0 Å². The van der Waals surface area contributed by atoms with E-state index < -0.39 is 10.0 Å². The van der Waals surface area contributed by atoms with Crippen molar-refractivity contribution in [1.82, 2.24) is 14.5 Å². The second-order valence-corrected chi connectivity index (χ2v) is 9.21. The minimum Gasteiger partial charge on any atom is -0.366 e. The van der Waals surface area contributed by atoms with Gasteiger partial charge in [0.1, 0.15) is 5.82 Å². The summed E-state index contributed by atoms with van der Waals surface area (Å²) in [6.07, 6.45) is 5.94. The molecule has 142 valence electrons. The van der Waals surface area contributed by atoms with E-state index in [1.165, 1.54) is 0 Å². The molecule has 1 saturated carbocycles. The van der Waals surface area contributed by atoms with Crippen molar-refractivity contribution in [2.24, 2.45) is 5.92 Å². The van der Waals surface area contributed by atoms with Gasteiger partial charge in [-0.3, -0.25) is 0 Å². The predicted molar refractivity (Wildman–Crippen MR) is 105 cm³/mol. The van der Waals surface area contributed by atoms with E-state index in [0.717, 1.165) is 37.2 Å². The first-order valence-corrected chi connectivity index (χ1v) is 11.0. The molecular formula is C18H25ClN4O2S. The molecule has 2 aromatic rings. The summed E-state index contributed by atoms with van der Waals surface area (Å²) in [5, 5.41) is 8.71. The van der Waals surface area contributed by atoms with Crippen molar-refractivity contribution in [3.8, 4) is 5.69 Å². The molecule has 0 aliphatic heterocycles. The molecule has 0 saturated heterocycles. The summed E-state index contributed by atoms with van der Waals surface area (Å²) in [5.74, 6) is 1.38. The van der Waals surface area contributed by atoms with Crippen LogP contribution in [0.25, 0.3) is 5.69 Å². The Hall–Kier alpha value is -1.57. The van der Waals surface area contributed by atoms with Gasteiger partial charge in [-0.25, -0.2) is 17.8 Å². The van der Waals surface area contributed by atoms with Crippen LogP contribution in [0.1, 0.15) is 32.6 Å². The monoisotopic (exact) mass is 396 g/mol. The Morgan fingerprint density at radius 1 is 1.19 bits per heavy atom. The molecule has 3 rings (SSSR count). The lowest BCUT2D eigenvalue weighted by Crippen LogP contribution is -2.34. The van der Waals surface area contributed by atoms with Gasteiger partial charge in [-0.2, -0.15) is 5.10 Å². The van der Waals surface area contributed by atoms with E-state index in [1.807, 2.05) is 36.5 Å². The Bertz CT molecular complexity index is 829. The van der Waals surface area contributed by atoms with E-state index in [1.54, 1.807) is 11.6 Å². The minimum atomic E-state index is -3.10. The molecule has 1 heterocycles. The molecule has 1 aliphatic carbocycles. The van der Waals surface area contributed by atoms with Crippen LogP contribution in [0.5, 0.6) is 0 Å². The van der Waals surface area contributed by atoms with Gasteiger partial charge in [0.2, 0.25) is 10.0 Å². The molecule has 1 aromatic carbocycles. The summed E-state index contributed by atoms with van der Waals surface area (Å²) in [4.78, 5) is 0. The number of aromatic nitrogens is 2. The van der Waals surface area contributed by atoms with E-state index in [-0.39, 0.29) is 5.75 Å². The number of nitrogens with one attached hydrogen (secondary N) is 2. The molecule has 6 nitrogen and oxygen atoms in total. The largest absolute Gasteiger partial charge is 0.366 e. The fourth-order valence-corrected chi connectivity index (χ4v) is 4.16. The third-order valence-corrected chi connectivity index (χ3v) is 6.55. The third-order valence-electron chi connectivity index (χ3n) is 4.86. The van der Waals surface area contributed by atoms with E-state index in [4.69, 9.17) is 11.6 Å². The van der Waals surface area contributed by atoms with Gasteiger partial charge < -0.3 is 5.32 Å². The number of rotatable bonds is 7. The summed E-state index contributed by atoms with van der Waals surface area (Å²) >= 11 is 6.22. The molecule has 1 aromatic heterocycles. The maximum atomic E-state index is 11.5. The average Bonchev–Trinajstić information content (AvgIpc) is 3.10. The fourth-order valence-electron chi connectivity index (χ4n) is 3.24. The maximum absolute atomic E-state index is 11.5. The van der Waals surface area contributed by atoms with Crippen LogP contribution in [0.4, 0.5) is 5.82 Å². The number of benzene rings is 1. The molecule has 0 atom stereocenters. The first-order valence-electron chi connectivity index (χ1n) is 9.01. The standard InChI is InChI=1S/C18H25ClN4O2S/c1-2-26(24,25)20-13-14-7-9-15(10-8-14)21-18-11-12-23(22-18)17-6-4-3-5-16(17)19/h3-6,11-12,14-15,20H,2,7-10,13H2,1H3,(H,21,22)/t14-,15-. The lowest BCUT2D eigenvalue weighted by molar-refractivity contribution is 0.337. The number of para-hydroxylation sites is 1. The highest BCUT2D eigenvalue weighted by molar-refractivity contribution is 7.89. The van der Waals surface area contributed by atoms with Crippen LogP contribution in [0.15, 0.2) is 36.5 Å². The van der Waals surface area contributed by atoms with Gasteiger partial charge in [-0.15, -0.1) is 0 Å². The second kappa shape index (κ2) is 8.41. The van der Waals surface area contributed by atoms with Crippen molar-refractivity contribution >= 4 is 27.4 Å². The summed E-state index contributed by atoms with van der Waals surface area (Å²) in [5.41, 5.74) is 0.856. The first-order chi connectivity index (χ1) is 12.5. The average molecular weight is 397 g/mol. The van der Waals surface area contributed by atoms with Crippen molar-refractivity contribution in [3.63, 3.8) is 0 Å². The van der Waals surface area contributed by atoms with Gasteiger partial charge in [-0.05, 0) is 50.7 Å². The minimum absolute atomic E-state index is 0.137. The third kappa shape index (κ3) is 4.99. The lowest BCUT2D eigenvalue weighted by Gasteiger charge is -2.29. The predicted octanol–water partition coefficient (Wildman–Crippen LogP) is 3.44. The second-order valence-electron chi connectivity index (χ2n) is 6.71. The van der Waals surface area contributed by atoms with Crippen molar-refractivity contribution in [2.75, 3.05) is 17.6 Å². The van der Waals surface area contributed by atoms with Gasteiger partial charge >= 0.3 is 0 Å². The van der Waals surface area contributed by atoms with Gasteiger partial charge in [-0.1, -0.05) is 23.7 Å². The van der Waals surface area contributed by atoms with Crippen molar-refractivity contribution < 1.29 is 8.42 Å². The highest BCUT2D eigenvalue weighted by Crippen LogP contribution is 2.26. The van der Waals surface area contributed by atoms with Crippen LogP contribution in [-0.4, -0.2) is 36.5 Å². The molecule has 1 fully saturated rings. The van der Waals surface area contributed by atoms with E-state index in [2.05, 4.69) is 15.1 Å². The smallest absolute Gasteiger partial charge is 0.211 e. The molecule has 1 aliphatic rings. The van der Waals surface area contributed by atoms with Crippen LogP contribution in [0.3, 0.4) is 0 Å². The van der Waals surface area contributed by atoms with Crippen molar-refractivity contribution in [1.29, 1.82) is 0 Å². The van der Waals surface area contributed by atoms with E-state index in [9.17, 15) is 8.42 Å². The van der Waals surface area contributed by atoms with Crippen molar-refractivity contribution in [2.45, 2.75) is 38.6 Å². The zero-order valence-electron chi connectivity index (χ0n) is 14.9. The number of sulfonamides is 1. The molecule has 0 radical (unpaired) electrons. The van der Waals surface area contributed by atoms with Crippen LogP contribution in [-0.2, 0) is 10.0 Å². The van der Waals surface area contributed by atoms with Gasteiger partial charge in [0, 0.05) is 24.8 Å². The number of anilines is 1. The number of nitrogens with zero attached hydrogens (tertiary/aromatic N) is 2. The Morgan fingerprint density at radius 2 is 1.92 bits per heavy atom.